The van der Waals surface area contributed by atoms with Crippen molar-refractivity contribution in [3.63, 3.8) is 0 Å². The number of amides is 1. The minimum atomic E-state index is -5.21. The van der Waals surface area contributed by atoms with Crippen molar-refractivity contribution in [2.24, 2.45) is 0 Å². The number of rotatable bonds is 5. The molecule has 16 heteroatoms. The molecule has 3 N–H and O–H groups in total. The average Bonchev–Trinajstić information content (AvgIpc) is 3.41. The van der Waals surface area contributed by atoms with Crippen molar-refractivity contribution >= 4 is 34.3 Å². The molecule has 0 fully saturated rings. The number of aromatic amines is 1. The highest BCUT2D eigenvalue weighted by atomic mass is 19.4. The molecule has 0 bridgehead atoms. The zero-order valence-electron chi connectivity index (χ0n) is 20.0. The summed E-state index contributed by atoms with van der Waals surface area (Å²) in [5.41, 5.74) is -4.89. The Hall–Kier alpha value is -5.15. The van der Waals surface area contributed by atoms with Crippen molar-refractivity contribution in [1.29, 1.82) is 0 Å². The molecule has 210 valence electrons. The highest BCUT2D eigenvalue weighted by Crippen LogP contribution is 2.37. The predicted molar refractivity (Wildman–Crippen MR) is 129 cm³/mol. The number of aromatic nitrogens is 5. The summed E-state index contributed by atoms with van der Waals surface area (Å²) in [6.45, 7) is 0. The third kappa shape index (κ3) is 5.48. The van der Waals surface area contributed by atoms with Crippen molar-refractivity contribution < 1.29 is 39.9 Å². The summed E-state index contributed by atoms with van der Waals surface area (Å²) in [5.74, 6) is -4.16. The van der Waals surface area contributed by atoms with Gasteiger partial charge in [-0.25, -0.2) is 28.7 Å². The van der Waals surface area contributed by atoms with E-state index in [4.69, 9.17) is 0 Å². The van der Waals surface area contributed by atoms with Crippen molar-refractivity contribution in [2.75, 3.05) is 10.6 Å². The Morgan fingerprint density at radius 1 is 0.854 bits per heavy atom. The van der Waals surface area contributed by atoms with Crippen LogP contribution >= 0.6 is 0 Å². The molecular weight excluding hydrogens is 566 g/mol. The molecule has 0 aliphatic heterocycles. The molecule has 41 heavy (non-hydrogen) atoms. The molecule has 0 spiro atoms. The van der Waals surface area contributed by atoms with Crippen LogP contribution in [0.15, 0.2) is 61.3 Å². The number of H-pyrrole nitrogens is 1. The molecule has 5 rings (SSSR count). The minimum Gasteiger partial charge on any atom is -0.335 e. The fraction of sp³-hybridized carbons (Fsp3) is 0.0800. The standard InChI is InChI=1S/C25H13F8N7O/c26-15-3-4-16(39-23(41)11-6-12(24(28,29)30)8-13(7-11)25(31,32)33)17(27)19(15)40-21-14(2-1-5-34-21)18-20-22(37-9-35-18)38-10-36-20/h1-10H,(H,34,40)(H,39,41)(H,35,36,37,38). The van der Waals surface area contributed by atoms with Crippen LogP contribution in [0.5, 0.6) is 0 Å². The lowest BCUT2D eigenvalue weighted by Gasteiger charge is -2.16. The molecule has 0 aliphatic carbocycles. The summed E-state index contributed by atoms with van der Waals surface area (Å²) in [4.78, 5) is 31.8. The van der Waals surface area contributed by atoms with E-state index in [1.807, 2.05) is 5.32 Å². The maximum Gasteiger partial charge on any atom is 0.416 e. The van der Waals surface area contributed by atoms with Crippen LogP contribution in [0.25, 0.3) is 22.4 Å². The fourth-order valence-corrected chi connectivity index (χ4v) is 3.82. The number of carbonyl (C=O) groups excluding carboxylic acids is 1. The highest BCUT2D eigenvalue weighted by molar-refractivity contribution is 6.05. The van der Waals surface area contributed by atoms with E-state index < -0.39 is 58.0 Å². The van der Waals surface area contributed by atoms with Gasteiger partial charge < -0.3 is 15.6 Å². The molecule has 1 amide bonds. The zero-order valence-corrected chi connectivity index (χ0v) is 20.0. The molecule has 0 saturated carbocycles. The molecule has 3 heterocycles. The van der Waals surface area contributed by atoms with Crippen LogP contribution in [0.4, 0.5) is 52.3 Å². The van der Waals surface area contributed by atoms with E-state index in [1.54, 1.807) is 0 Å². The zero-order chi connectivity index (χ0) is 29.5. The van der Waals surface area contributed by atoms with Gasteiger partial charge in [0.05, 0.1) is 23.1 Å². The second-order valence-corrected chi connectivity index (χ2v) is 8.38. The first-order valence-electron chi connectivity index (χ1n) is 11.3. The van der Waals surface area contributed by atoms with E-state index in [1.165, 1.54) is 31.0 Å². The van der Waals surface area contributed by atoms with Crippen LogP contribution in [-0.4, -0.2) is 30.8 Å². The summed E-state index contributed by atoms with van der Waals surface area (Å²) < 4.78 is 109. The quantitative estimate of drug-likeness (QED) is 0.200. The van der Waals surface area contributed by atoms with Crippen LogP contribution < -0.4 is 10.6 Å². The Bertz CT molecular complexity index is 1750. The first-order valence-corrected chi connectivity index (χ1v) is 11.3. The van der Waals surface area contributed by atoms with Gasteiger partial charge in [-0.1, -0.05) is 0 Å². The monoisotopic (exact) mass is 579 g/mol. The molecule has 3 aromatic heterocycles. The second kappa shape index (κ2) is 10.1. The third-order valence-electron chi connectivity index (χ3n) is 5.71. The van der Waals surface area contributed by atoms with Crippen molar-refractivity contribution in [3.8, 4) is 11.3 Å². The van der Waals surface area contributed by atoms with Gasteiger partial charge in [-0.15, -0.1) is 0 Å². The summed E-state index contributed by atoms with van der Waals surface area (Å²) in [6, 6.07) is 4.74. The third-order valence-corrected chi connectivity index (χ3v) is 5.71. The van der Waals surface area contributed by atoms with Crippen LogP contribution in [0, 0.1) is 11.6 Å². The number of carbonyl (C=O) groups is 1. The van der Waals surface area contributed by atoms with Gasteiger partial charge in [-0.05, 0) is 42.5 Å². The lowest BCUT2D eigenvalue weighted by Crippen LogP contribution is -2.18. The minimum absolute atomic E-state index is 0.0931. The first kappa shape index (κ1) is 27.4. The lowest BCUT2D eigenvalue weighted by atomic mass is 10.0. The van der Waals surface area contributed by atoms with E-state index in [0.717, 1.165) is 12.1 Å². The number of benzene rings is 2. The molecule has 0 aliphatic rings. The van der Waals surface area contributed by atoms with E-state index in [-0.39, 0.29) is 35.3 Å². The summed E-state index contributed by atoms with van der Waals surface area (Å²) in [6.07, 6.45) is -6.52. The van der Waals surface area contributed by atoms with Gasteiger partial charge in [-0.2, -0.15) is 26.3 Å². The number of pyridine rings is 1. The van der Waals surface area contributed by atoms with E-state index in [9.17, 15) is 35.5 Å². The maximum absolute atomic E-state index is 15.4. The first-order chi connectivity index (χ1) is 19.3. The Morgan fingerprint density at radius 3 is 2.24 bits per heavy atom. The van der Waals surface area contributed by atoms with E-state index >= 15 is 4.39 Å². The molecule has 0 atom stereocenters. The summed E-state index contributed by atoms with van der Waals surface area (Å²) >= 11 is 0. The number of alkyl halides is 6. The van der Waals surface area contributed by atoms with E-state index in [2.05, 4.69) is 30.2 Å². The fourth-order valence-electron chi connectivity index (χ4n) is 3.82. The summed E-state index contributed by atoms with van der Waals surface area (Å²) in [7, 11) is 0. The molecular formula is C25H13F8N7O. The number of anilines is 3. The lowest BCUT2D eigenvalue weighted by molar-refractivity contribution is -0.143. The number of hydrogen-bond donors (Lipinski definition) is 3. The van der Waals surface area contributed by atoms with Gasteiger partial charge in [0.25, 0.3) is 5.91 Å². The molecule has 8 nitrogen and oxygen atoms in total. The van der Waals surface area contributed by atoms with Crippen LogP contribution in [0.3, 0.4) is 0 Å². The summed E-state index contributed by atoms with van der Waals surface area (Å²) in [5, 5.41) is 4.36. The van der Waals surface area contributed by atoms with Crippen LogP contribution in [0.2, 0.25) is 0 Å². The maximum atomic E-state index is 15.4. The topological polar surface area (TPSA) is 108 Å². The van der Waals surface area contributed by atoms with Gasteiger partial charge in [0.15, 0.2) is 11.5 Å². The van der Waals surface area contributed by atoms with Gasteiger partial charge >= 0.3 is 12.4 Å². The second-order valence-electron chi connectivity index (χ2n) is 8.38. The smallest absolute Gasteiger partial charge is 0.335 e. The van der Waals surface area contributed by atoms with Crippen LogP contribution in [-0.2, 0) is 12.4 Å². The van der Waals surface area contributed by atoms with Crippen molar-refractivity contribution in [3.05, 3.63) is 89.6 Å². The molecule has 2 aromatic carbocycles. The SMILES string of the molecule is O=C(Nc1ccc(F)c(Nc2ncccc2-c2ncnc3[nH]cnc23)c1F)c1cc(C(F)(F)F)cc(C(F)(F)F)c1. The number of halogens is 8. The molecule has 0 radical (unpaired) electrons. The Balaban J connectivity index is 1.50. The molecule has 0 unspecified atom stereocenters. The number of nitrogens with one attached hydrogen (secondary N) is 3. The van der Waals surface area contributed by atoms with Gasteiger partial charge in [-0.3, -0.25) is 4.79 Å². The van der Waals surface area contributed by atoms with Gasteiger partial charge in [0.2, 0.25) is 0 Å². The van der Waals surface area contributed by atoms with Crippen molar-refractivity contribution in [2.45, 2.75) is 12.4 Å². The predicted octanol–water partition coefficient (Wildman–Crippen LogP) is 6.73. The Labute approximate surface area is 223 Å². The Morgan fingerprint density at radius 2 is 1.56 bits per heavy atom. The van der Waals surface area contributed by atoms with Gasteiger partial charge in [0, 0.05) is 17.3 Å². The Kier molecular flexibility index (Phi) is 6.76. The number of imidazole rings is 1. The molecule has 0 saturated heterocycles. The van der Waals surface area contributed by atoms with Crippen molar-refractivity contribution in [1.82, 2.24) is 24.9 Å². The van der Waals surface area contributed by atoms with E-state index in [0.29, 0.717) is 11.2 Å². The number of nitrogens with zero attached hydrogens (tertiary/aromatic N) is 4. The normalized spacial score (nSPS) is 12.0. The number of fused-ring (bicyclic) bond motifs is 1. The highest BCUT2D eigenvalue weighted by Gasteiger charge is 2.37. The van der Waals surface area contributed by atoms with Gasteiger partial charge in [0.1, 0.15) is 34.9 Å². The molecule has 5 aromatic rings. The van der Waals surface area contributed by atoms with Crippen LogP contribution in [0.1, 0.15) is 21.5 Å². The average molecular weight is 579 g/mol. The largest absolute Gasteiger partial charge is 0.416 e. The number of hydrogen-bond acceptors (Lipinski definition) is 6.